The second-order valence-corrected chi connectivity index (χ2v) is 7.82. The van der Waals surface area contributed by atoms with Crippen LogP contribution in [0.25, 0.3) is 0 Å². The summed E-state index contributed by atoms with van der Waals surface area (Å²) >= 11 is 0. The fraction of sp³-hybridized carbons (Fsp3) is 0.296. The Morgan fingerprint density at radius 1 is 0.871 bits per heavy atom. The van der Waals surface area contributed by atoms with Crippen LogP contribution >= 0.6 is 0 Å². The third-order valence-corrected chi connectivity index (χ3v) is 5.57. The Morgan fingerprint density at radius 2 is 1.42 bits per heavy atom. The molecule has 0 radical (unpaired) electrons. The van der Waals surface area contributed by atoms with Crippen molar-refractivity contribution in [3.05, 3.63) is 108 Å². The molecule has 0 saturated heterocycles. The monoisotopic (exact) mass is 417 g/mol. The molecule has 0 heterocycles. The molecule has 0 aliphatic rings. The summed E-state index contributed by atoms with van der Waals surface area (Å²) < 4.78 is 5.90. The maximum absolute atomic E-state index is 11.7. The summed E-state index contributed by atoms with van der Waals surface area (Å²) in [6.45, 7) is 3.89. The Labute approximate surface area is 185 Å². The summed E-state index contributed by atoms with van der Waals surface area (Å²) in [6, 6.07) is 30.5. The average molecular weight is 418 g/mol. The van der Waals surface area contributed by atoms with Gasteiger partial charge in [-0.05, 0) is 30.0 Å². The summed E-state index contributed by atoms with van der Waals surface area (Å²) in [7, 11) is 0. The van der Waals surface area contributed by atoms with Gasteiger partial charge in [-0.3, -0.25) is 9.69 Å². The summed E-state index contributed by atoms with van der Waals surface area (Å²) in [5, 5.41) is 9.62. The van der Waals surface area contributed by atoms with Gasteiger partial charge in [0.25, 0.3) is 0 Å². The molecular formula is C27H31NO3. The Kier molecular flexibility index (Phi) is 8.83. The predicted molar refractivity (Wildman–Crippen MR) is 124 cm³/mol. The van der Waals surface area contributed by atoms with Crippen LogP contribution in [0.15, 0.2) is 91.0 Å². The van der Waals surface area contributed by atoms with E-state index in [0.29, 0.717) is 26.2 Å². The van der Waals surface area contributed by atoms with E-state index < -0.39 is 5.97 Å². The molecule has 3 rings (SSSR count). The first kappa shape index (κ1) is 22.7. The first-order chi connectivity index (χ1) is 15.1. The topological polar surface area (TPSA) is 49.8 Å². The summed E-state index contributed by atoms with van der Waals surface area (Å²) in [5.41, 5.74) is 3.47. The Morgan fingerprint density at radius 3 is 2.00 bits per heavy atom. The minimum Gasteiger partial charge on any atom is -0.481 e. The van der Waals surface area contributed by atoms with E-state index in [1.807, 2.05) is 66.7 Å². The van der Waals surface area contributed by atoms with E-state index in [9.17, 15) is 9.90 Å². The van der Waals surface area contributed by atoms with Crippen molar-refractivity contribution in [2.75, 3.05) is 6.61 Å². The molecule has 0 amide bonds. The average Bonchev–Trinajstić information content (AvgIpc) is 2.81. The fourth-order valence-corrected chi connectivity index (χ4v) is 3.87. The lowest BCUT2D eigenvalue weighted by Gasteiger charge is -2.36. The van der Waals surface area contributed by atoms with Crippen LogP contribution in [0, 0.1) is 0 Å². The van der Waals surface area contributed by atoms with E-state index in [1.165, 1.54) is 11.1 Å². The van der Waals surface area contributed by atoms with Crippen LogP contribution in [0.5, 0.6) is 0 Å². The molecule has 162 valence electrons. The Balaban J connectivity index is 1.74. The van der Waals surface area contributed by atoms with Gasteiger partial charge in [0.15, 0.2) is 0 Å². The number of carboxylic acid groups (broad SMARTS) is 1. The quantitative estimate of drug-likeness (QED) is 0.384. The number of nitrogens with zero attached hydrogens (tertiary/aromatic N) is 1. The number of carbonyl (C=O) groups is 1. The lowest BCUT2D eigenvalue weighted by atomic mass is 10.00. The van der Waals surface area contributed by atoms with E-state index in [0.717, 1.165) is 5.56 Å². The zero-order valence-electron chi connectivity index (χ0n) is 18.1. The van der Waals surface area contributed by atoms with Crippen LogP contribution in [0.3, 0.4) is 0 Å². The van der Waals surface area contributed by atoms with E-state index in [2.05, 4.69) is 36.1 Å². The van der Waals surface area contributed by atoms with Crippen LogP contribution in [-0.4, -0.2) is 28.6 Å². The molecular weight excluding hydrogens is 386 g/mol. The molecule has 4 nitrogen and oxygen atoms in total. The number of rotatable bonds is 12. The van der Waals surface area contributed by atoms with Crippen molar-refractivity contribution >= 4 is 5.97 Å². The molecule has 0 aromatic heterocycles. The van der Waals surface area contributed by atoms with Gasteiger partial charge in [0.2, 0.25) is 0 Å². The number of aliphatic carboxylic acids is 1. The summed E-state index contributed by atoms with van der Waals surface area (Å²) in [5.74, 6) is -0.786. The molecule has 0 unspecified atom stereocenters. The second-order valence-electron chi connectivity index (χ2n) is 7.82. The van der Waals surface area contributed by atoms with Gasteiger partial charge in [-0.1, -0.05) is 91.0 Å². The highest BCUT2D eigenvalue weighted by molar-refractivity contribution is 5.67. The first-order valence-electron chi connectivity index (χ1n) is 10.8. The predicted octanol–water partition coefficient (Wildman–Crippen LogP) is 5.70. The molecule has 3 aromatic carbocycles. The van der Waals surface area contributed by atoms with E-state index in [1.54, 1.807) is 0 Å². The minimum atomic E-state index is -0.786. The number of carboxylic acids is 1. The normalized spacial score (nSPS) is 13.1. The van der Waals surface area contributed by atoms with Crippen molar-refractivity contribution in [1.29, 1.82) is 0 Å². The van der Waals surface area contributed by atoms with Crippen molar-refractivity contribution < 1.29 is 14.6 Å². The second kappa shape index (κ2) is 12.0. The van der Waals surface area contributed by atoms with Crippen molar-refractivity contribution in [3.8, 4) is 0 Å². The lowest BCUT2D eigenvalue weighted by Crippen LogP contribution is -2.39. The Hall–Kier alpha value is -2.95. The van der Waals surface area contributed by atoms with Crippen LogP contribution in [0.2, 0.25) is 0 Å². The smallest absolute Gasteiger partial charge is 0.304 e. The zero-order valence-corrected chi connectivity index (χ0v) is 18.1. The van der Waals surface area contributed by atoms with Gasteiger partial charge in [0.1, 0.15) is 0 Å². The zero-order chi connectivity index (χ0) is 21.9. The largest absolute Gasteiger partial charge is 0.481 e. The van der Waals surface area contributed by atoms with Crippen LogP contribution in [0.4, 0.5) is 0 Å². The van der Waals surface area contributed by atoms with Gasteiger partial charge in [-0.15, -0.1) is 0 Å². The third-order valence-electron chi connectivity index (χ3n) is 5.57. The summed E-state index contributed by atoms with van der Waals surface area (Å²) in [4.78, 5) is 14.0. The fourth-order valence-electron chi connectivity index (χ4n) is 3.87. The molecule has 0 aliphatic carbocycles. The third kappa shape index (κ3) is 7.35. The molecule has 4 heteroatoms. The molecule has 2 atom stereocenters. The molecule has 0 spiro atoms. The van der Waals surface area contributed by atoms with Gasteiger partial charge in [-0.2, -0.15) is 0 Å². The maximum atomic E-state index is 11.7. The lowest BCUT2D eigenvalue weighted by molar-refractivity contribution is -0.139. The van der Waals surface area contributed by atoms with Crippen LogP contribution < -0.4 is 0 Å². The Bertz CT molecular complexity index is 900. The van der Waals surface area contributed by atoms with Gasteiger partial charge < -0.3 is 9.84 Å². The first-order valence-corrected chi connectivity index (χ1v) is 10.8. The highest BCUT2D eigenvalue weighted by atomic mass is 16.5. The molecule has 1 N–H and O–H groups in total. The molecule has 3 aromatic rings. The highest BCUT2D eigenvalue weighted by Gasteiger charge is 2.26. The molecule has 0 saturated carbocycles. The van der Waals surface area contributed by atoms with Crippen LogP contribution in [0.1, 0.15) is 42.5 Å². The standard InChI is InChI=1S/C27H31NO3/c1-22(25-15-9-4-10-16-25)28(20-23-11-5-2-6-12-23)26(19-27(29)30)17-18-31-21-24-13-7-3-8-14-24/h2-16,22,26H,17-21H2,1H3,(H,29,30)/t22-,26-/m0/s1. The number of hydrogen-bond acceptors (Lipinski definition) is 3. The minimum absolute atomic E-state index is 0.0820. The van der Waals surface area contributed by atoms with E-state index in [4.69, 9.17) is 4.74 Å². The van der Waals surface area contributed by atoms with Gasteiger partial charge in [0.05, 0.1) is 13.0 Å². The molecule has 0 bridgehead atoms. The molecule has 0 fully saturated rings. The van der Waals surface area contributed by atoms with Crippen molar-refractivity contribution in [2.45, 2.75) is 45.0 Å². The molecule has 31 heavy (non-hydrogen) atoms. The number of benzene rings is 3. The van der Waals surface area contributed by atoms with Crippen LogP contribution in [-0.2, 0) is 22.7 Å². The number of ether oxygens (including phenoxy) is 1. The number of hydrogen-bond donors (Lipinski definition) is 1. The van der Waals surface area contributed by atoms with Gasteiger partial charge >= 0.3 is 5.97 Å². The van der Waals surface area contributed by atoms with Crippen molar-refractivity contribution in [1.82, 2.24) is 4.90 Å². The van der Waals surface area contributed by atoms with Gasteiger partial charge in [-0.25, -0.2) is 0 Å². The molecule has 0 aliphatic heterocycles. The van der Waals surface area contributed by atoms with E-state index in [-0.39, 0.29) is 18.5 Å². The summed E-state index contributed by atoms with van der Waals surface area (Å²) in [6.07, 6.45) is 0.738. The SMILES string of the molecule is C[C@@H](c1ccccc1)N(Cc1ccccc1)[C@@H](CCOCc1ccccc1)CC(=O)O. The van der Waals surface area contributed by atoms with Crippen molar-refractivity contribution in [3.63, 3.8) is 0 Å². The maximum Gasteiger partial charge on any atom is 0.304 e. The van der Waals surface area contributed by atoms with E-state index >= 15 is 0 Å². The highest BCUT2D eigenvalue weighted by Crippen LogP contribution is 2.27. The van der Waals surface area contributed by atoms with Crippen molar-refractivity contribution in [2.24, 2.45) is 0 Å². The van der Waals surface area contributed by atoms with Gasteiger partial charge in [0, 0.05) is 25.2 Å².